The fraction of sp³-hybridized carbons (Fsp3) is 0.182. The Morgan fingerprint density at radius 3 is 2.61 bits per heavy atom. The molecule has 0 radical (unpaired) electrons. The van der Waals surface area contributed by atoms with Crippen LogP contribution in [0.2, 0.25) is 5.02 Å². The van der Waals surface area contributed by atoms with Crippen LogP contribution in [0.3, 0.4) is 0 Å². The van der Waals surface area contributed by atoms with Crippen molar-refractivity contribution < 1.29 is 9.59 Å². The Morgan fingerprint density at radius 1 is 1.03 bits per heavy atom. The first kappa shape index (κ1) is 22.6. The molecule has 0 aliphatic rings. The van der Waals surface area contributed by atoms with Crippen LogP contribution >= 0.6 is 23.4 Å². The summed E-state index contributed by atoms with van der Waals surface area (Å²) in [6, 6.07) is 17.9. The second-order valence-corrected chi connectivity index (χ2v) is 8.05. The number of hydrogen-bond donors (Lipinski definition) is 3. The van der Waals surface area contributed by atoms with Gasteiger partial charge in [-0.25, -0.2) is 4.98 Å². The summed E-state index contributed by atoms with van der Waals surface area (Å²) in [7, 11) is 0. The maximum absolute atomic E-state index is 12.2. The predicted molar refractivity (Wildman–Crippen MR) is 123 cm³/mol. The lowest BCUT2D eigenvalue weighted by Gasteiger charge is -2.07. The molecule has 3 N–H and O–H groups in total. The molecule has 0 saturated carbocycles. The number of aromatic amines is 1. The van der Waals surface area contributed by atoms with E-state index < -0.39 is 0 Å². The average Bonchev–Trinajstić information content (AvgIpc) is 2.73. The number of anilines is 1. The van der Waals surface area contributed by atoms with Gasteiger partial charge < -0.3 is 15.6 Å². The van der Waals surface area contributed by atoms with Gasteiger partial charge in [0.05, 0.1) is 17.9 Å². The summed E-state index contributed by atoms with van der Waals surface area (Å²) in [6.45, 7) is 0.497. The van der Waals surface area contributed by atoms with Gasteiger partial charge in [-0.05, 0) is 30.2 Å². The van der Waals surface area contributed by atoms with Crippen molar-refractivity contribution in [2.75, 3.05) is 17.6 Å². The van der Waals surface area contributed by atoms with Gasteiger partial charge >= 0.3 is 0 Å². The highest BCUT2D eigenvalue weighted by Gasteiger charge is 2.10. The number of halogens is 1. The Bertz CT molecular complexity index is 1110. The third-order valence-corrected chi connectivity index (χ3v) is 5.25. The molecule has 31 heavy (non-hydrogen) atoms. The molecule has 0 spiro atoms. The minimum Gasteiger partial charge on any atom is -0.355 e. The van der Waals surface area contributed by atoms with Crippen molar-refractivity contribution in [1.29, 1.82) is 0 Å². The molecule has 160 valence electrons. The summed E-state index contributed by atoms with van der Waals surface area (Å²) >= 11 is 6.98. The fourth-order valence-corrected chi connectivity index (χ4v) is 3.64. The zero-order chi connectivity index (χ0) is 22.1. The lowest BCUT2D eigenvalue weighted by atomic mass is 10.1. The van der Waals surface area contributed by atoms with E-state index in [-0.39, 0.29) is 34.7 Å². The molecule has 0 fully saturated rings. The molecule has 7 nitrogen and oxygen atoms in total. The zero-order valence-corrected chi connectivity index (χ0v) is 18.1. The number of nitrogens with one attached hydrogen (secondary N) is 3. The first-order chi connectivity index (χ1) is 15.0. The number of rotatable bonds is 9. The van der Waals surface area contributed by atoms with E-state index in [1.165, 1.54) is 6.07 Å². The maximum atomic E-state index is 12.2. The van der Waals surface area contributed by atoms with Crippen molar-refractivity contribution in [1.82, 2.24) is 15.3 Å². The molecule has 1 heterocycles. The summed E-state index contributed by atoms with van der Waals surface area (Å²) in [4.78, 5) is 43.1. The first-order valence-corrected chi connectivity index (χ1v) is 10.9. The van der Waals surface area contributed by atoms with Crippen LogP contribution < -0.4 is 16.2 Å². The minimum atomic E-state index is -0.375. The van der Waals surface area contributed by atoms with Crippen LogP contribution in [-0.4, -0.2) is 34.1 Å². The lowest BCUT2D eigenvalue weighted by molar-refractivity contribution is -0.120. The third-order valence-electron chi connectivity index (χ3n) is 4.14. The van der Waals surface area contributed by atoms with Crippen LogP contribution in [0.15, 0.2) is 70.6 Å². The molecular formula is C22H21ClN4O3S. The number of carbonyl (C=O) groups excluding carboxylic acids is 2. The van der Waals surface area contributed by atoms with E-state index in [0.29, 0.717) is 22.9 Å². The van der Waals surface area contributed by atoms with Gasteiger partial charge in [-0.3, -0.25) is 14.4 Å². The van der Waals surface area contributed by atoms with Crippen molar-refractivity contribution in [3.63, 3.8) is 0 Å². The molecule has 2 aromatic carbocycles. The van der Waals surface area contributed by atoms with Gasteiger partial charge in [-0.1, -0.05) is 59.8 Å². The number of nitrogens with zero attached hydrogens (tertiary/aromatic N) is 1. The van der Waals surface area contributed by atoms with Gasteiger partial charge in [-0.15, -0.1) is 0 Å². The van der Waals surface area contributed by atoms with Crippen LogP contribution in [0.1, 0.15) is 11.3 Å². The van der Waals surface area contributed by atoms with Gasteiger partial charge in [0.25, 0.3) is 5.56 Å². The number of amides is 2. The molecule has 0 saturated heterocycles. The van der Waals surface area contributed by atoms with E-state index in [0.717, 1.165) is 23.7 Å². The van der Waals surface area contributed by atoms with Crippen LogP contribution in [0, 0.1) is 0 Å². The first-order valence-electron chi connectivity index (χ1n) is 9.57. The summed E-state index contributed by atoms with van der Waals surface area (Å²) in [5.74, 6) is -0.440. The van der Waals surface area contributed by atoms with E-state index in [1.807, 2.05) is 30.3 Å². The number of H-pyrrole nitrogens is 1. The molecule has 0 aliphatic heterocycles. The standard InChI is InChI=1S/C22H21ClN4O3S/c23-16-7-4-8-17(11-16)25-21(30)14-31-22-26-18(13-20(29)27-22)12-19(28)24-10-9-15-5-2-1-3-6-15/h1-8,11,13H,9-10,12,14H2,(H,24,28)(H,25,30)(H,26,27,29). The minimum absolute atomic E-state index is 0.0129. The predicted octanol–water partition coefficient (Wildman–Crippen LogP) is 3.06. The monoisotopic (exact) mass is 456 g/mol. The highest BCUT2D eigenvalue weighted by atomic mass is 35.5. The third kappa shape index (κ3) is 7.92. The normalized spacial score (nSPS) is 10.5. The van der Waals surface area contributed by atoms with Crippen LogP contribution in [0.4, 0.5) is 5.69 Å². The highest BCUT2D eigenvalue weighted by molar-refractivity contribution is 7.99. The van der Waals surface area contributed by atoms with Gasteiger partial charge in [0.1, 0.15) is 0 Å². The van der Waals surface area contributed by atoms with Gasteiger partial charge in [-0.2, -0.15) is 0 Å². The Morgan fingerprint density at radius 2 is 1.84 bits per heavy atom. The van der Waals surface area contributed by atoms with E-state index in [1.54, 1.807) is 24.3 Å². The number of aromatic nitrogens is 2. The fourth-order valence-electron chi connectivity index (χ4n) is 2.76. The topological polar surface area (TPSA) is 104 Å². The van der Waals surface area contributed by atoms with Crippen molar-refractivity contribution in [3.05, 3.63) is 87.3 Å². The highest BCUT2D eigenvalue weighted by Crippen LogP contribution is 2.16. The molecule has 1 aromatic heterocycles. The van der Waals surface area contributed by atoms with Gasteiger partial charge in [0.2, 0.25) is 11.8 Å². The Kier molecular flexibility index (Phi) is 8.26. The Labute approximate surface area is 188 Å². The summed E-state index contributed by atoms with van der Waals surface area (Å²) in [6.07, 6.45) is 0.708. The quantitative estimate of drug-likeness (QED) is 0.339. The molecular weight excluding hydrogens is 436 g/mol. The van der Waals surface area contributed by atoms with E-state index in [2.05, 4.69) is 20.6 Å². The van der Waals surface area contributed by atoms with Crippen LogP contribution in [0.5, 0.6) is 0 Å². The smallest absolute Gasteiger partial charge is 0.251 e. The number of thioether (sulfide) groups is 1. The Balaban J connectivity index is 1.49. The lowest BCUT2D eigenvalue weighted by Crippen LogP contribution is -2.28. The Hall–Kier alpha value is -3.10. The molecule has 0 aliphatic carbocycles. The van der Waals surface area contributed by atoms with E-state index >= 15 is 0 Å². The van der Waals surface area contributed by atoms with Gasteiger partial charge in [0, 0.05) is 23.3 Å². The second-order valence-electron chi connectivity index (χ2n) is 6.65. The maximum Gasteiger partial charge on any atom is 0.251 e. The number of benzene rings is 2. The second kappa shape index (κ2) is 11.3. The molecule has 0 bridgehead atoms. The van der Waals surface area contributed by atoms with Crippen molar-refractivity contribution >= 4 is 40.9 Å². The summed E-state index contributed by atoms with van der Waals surface area (Å²) in [5.41, 5.74) is 1.69. The molecule has 9 heteroatoms. The zero-order valence-electron chi connectivity index (χ0n) is 16.6. The van der Waals surface area contributed by atoms with Crippen molar-refractivity contribution in [3.8, 4) is 0 Å². The van der Waals surface area contributed by atoms with Crippen molar-refractivity contribution in [2.24, 2.45) is 0 Å². The van der Waals surface area contributed by atoms with E-state index in [9.17, 15) is 14.4 Å². The molecule has 0 atom stereocenters. The van der Waals surface area contributed by atoms with Crippen molar-refractivity contribution in [2.45, 2.75) is 18.0 Å². The molecule has 2 amide bonds. The average molecular weight is 457 g/mol. The summed E-state index contributed by atoms with van der Waals surface area (Å²) in [5, 5.41) is 6.35. The number of hydrogen-bond acceptors (Lipinski definition) is 5. The number of carbonyl (C=O) groups is 2. The van der Waals surface area contributed by atoms with Gasteiger partial charge in [0.15, 0.2) is 5.16 Å². The SMILES string of the molecule is O=C(Cc1cc(=O)[nH]c(SCC(=O)Nc2cccc(Cl)c2)n1)NCCc1ccccc1. The molecule has 0 unspecified atom stereocenters. The summed E-state index contributed by atoms with van der Waals surface area (Å²) < 4.78 is 0. The van der Waals surface area contributed by atoms with E-state index in [4.69, 9.17) is 11.6 Å². The molecule has 3 rings (SSSR count). The molecule has 3 aromatic rings. The van der Waals surface area contributed by atoms with Crippen LogP contribution in [-0.2, 0) is 22.4 Å². The largest absolute Gasteiger partial charge is 0.355 e. The van der Waals surface area contributed by atoms with Crippen LogP contribution in [0.25, 0.3) is 0 Å².